The van der Waals surface area contributed by atoms with Crippen LogP contribution in [0.5, 0.6) is 0 Å². The number of esters is 1. The highest BCUT2D eigenvalue weighted by molar-refractivity contribution is 5.95. The summed E-state index contributed by atoms with van der Waals surface area (Å²) in [5, 5.41) is 13.8. The molecule has 0 bridgehead atoms. The molecule has 1 amide bonds. The molecule has 3 rings (SSSR count). The van der Waals surface area contributed by atoms with Crippen molar-refractivity contribution in [1.82, 2.24) is 5.32 Å². The number of rotatable bonds is 4. The standard InChI is InChI=1S/C19H19NO4/c1-2-24-18(22)19(23)12-14-10-6-7-11-15(14)16(19)20-17(21)13-8-4-3-5-9-13/h3-11,16,23H,2,12H2,1H3,(H,20,21)/t16-,19+/m1/s1. The first-order chi connectivity index (χ1) is 11.6. The first-order valence-electron chi connectivity index (χ1n) is 7.89. The van der Waals surface area contributed by atoms with Crippen LogP contribution in [0.25, 0.3) is 0 Å². The summed E-state index contributed by atoms with van der Waals surface area (Å²) in [5.74, 6) is -1.07. The topological polar surface area (TPSA) is 75.6 Å². The smallest absolute Gasteiger partial charge is 0.341 e. The lowest BCUT2D eigenvalue weighted by atomic mass is 9.94. The van der Waals surface area contributed by atoms with Gasteiger partial charge in [-0.15, -0.1) is 0 Å². The van der Waals surface area contributed by atoms with E-state index in [0.717, 1.165) is 11.1 Å². The van der Waals surface area contributed by atoms with Gasteiger partial charge in [-0.3, -0.25) is 4.79 Å². The minimum Gasteiger partial charge on any atom is -0.464 e. The lowest BCUT2D eigenvalue weighted by Crippen LogP contribution is -2.50. The van der Waals surface area contributed by atoms with Crippen molar-refractivity contribution in [2.45, 2.75) is 25.0 Å². The lowest BCUT2D eigenvalue weighted by Gasteiger charge is -2.29. The summed E-state index contributed by atoms with van der Waals surface area (Å²) in [5.41, 5.74) is 0.223. The van der Waals surface area contributed by atoms with Crippen LogP contribution >= 0.6 is 0 Å². The second-order valence-corrected chi connectivity index (χ2v) is 5.79. The Morgan fingerprint density at radius 3 is 2.54 bits per heavy atom. The van der Waals surface area contributed by atoms with E-state index in [1.54, 1.807) is 31.2 Å². The summed E-state index contributed by atoms with van der Waals surface area (Å²) >= 11 is 0. The zero-order chi connectivity index (χ0) is 17.2. The van der Waals surface area contributed by atoms with Crippen molar-refractivity contribution in [3.05, 3.63) is 71.3 Å². The van der Waals surface area contributed by atoms with Gasteiger partial charge >= 0.3 is 5.97 Å². The van der Waals surface area contributed by atoms with Crippen LogP contribution in [0.4, 0.5) is 0 Å². The van der Waals surface area contributed by atoms with E-state index in [1.807, 2.05) is 30.3 Å². The average molecular weight is 325 g/mol. The highest BCUT2D eigenvalue weighted by Gasteiger charge is 2.52. The Balaban J connectivity index is 1.94. The second-order valence-electron chi connectivity index (χ2n) is 5.79. The van der Waals surface area contributed by atoms with Crippen LogP contribution in [0.1, 0.15) is 34.5 Å². The Morgan fingerprint density at radius 2 is 1.83 bits per heavy atom. The van der Waals surface area contributed by atoms with Crippen molar-refractivity contribution in [2.75, 3.05) is 6.61 Å². The van der Waals surface area contributed by atoms with Crippen molar-refractivity contribution < 1.29 is 19.4 Å². The van der Waals surface area contributed by atoms with Gasteiger partial charge in [0.1, 0.15) is 0 Å². The number of hydrogen-bond acceptors (Lipinski definition) is 4. The third kappa shape index (κ3) is 2.78. The van der Waals surface area contributed by atoms with E-state index in [0.29, 0.717) is 5.56 Å². The average Bonchev–Trinajstić information content (AvgIpc) is 2.89. The van der Waals surface area contributed by atoms with Crippen LogP contribution in [0, 0.1) is 0 Å². The Morgan fingerprint density at radius 1 is 1.17 bits per heavy atom. The third-order valence-corrected chi connectivity index (χ3v) is 4.24. The van der Waals surface area contributed by atoms with Gasteiger partial charge in [0.25, 0.3) is 5.91 Å². The predicted octanol–water partition coefficient (Wildman–Crippen LogP) is 2.01. The van der Waals surface area contributed by atoms with E-state index in [-0.39, 0.29) is 18.9 Å². The molecule has 0 unspecified atom stereocenters. The molecule has 1 aliphatic rings. The fourth-order valence-corrected chi connectivity index (χ4v) is 3.07. The van der Waals surface area contributed by atoms with Gasteiger partial charge in [-0.25, -0.2) is 4.79 Å². The summed E-state index contributed by atoms with van der Waals surface area (Å²) < 4.78 is 5.04. The van der Waals surface area contributed by atoms with E-state index in [1.165, 1.54) is 0 Å². The van der Waals surface area contributed by atoms with E-state index in [2.05, 4.69) is 5.32 Å². The molecule has 0 heterocycles. The van der Waals surface area contributed by atoms with Crippen LogP contribution < -0.4 is 5.32 Å². The Kier molecular flexibility index (Phi) is 4.36. The molecule has 0 saturated heterocycles. The third-order valence-electron chi connectivity index (χ3n) is 4.24. The zero-order valence-corrected chi connectivity index (χ0v) is 13.4. The molecule has 5 heteroatoms. The lowest BCUT2D eigenvalue weighted by molar-refractivity contribution is -0.167. The molecule has 2 N–H and O–H groups in total. The number of benzene rings is 2. The maximum atomic E-state index is 12.5. The molecular weight excluding hydrogens is 306 g/mol. The van der Waals surface area contributed by atoms with Crippen molar-refractivity contribution in [2.24, 2.45) is 0 Å². The van der Waals surface area contributed by atoms with E-state index in [9.17, 15) is 14.7 Å². The molecule has 0 fully saturated rings. The maximum Gasteiger partial charge on any atom is 0.341 e. The SMILES string of the molecule is CCOC(=O)[C@]1(O)Cc2ccccc2[C@H]1NC(=O)c1ccccc1. The highest BCUT2D eigenvalue weighted by Crippen LogP contribution is 2.40. The van der Waals surface area contributed by atoms with E-state index < -0.39 is 17.6 Å². The summed E-state index contributed by atoms with van der Waals surface area (Å²) in [6.07, 6.45) is 0.113. The van der Waals surface area contributed by atoms with Crippen molar-refractivity contribution >= 4 is 11.9 Å². The zero-order valence-electron chi connectivity index (χ0n) is 13.4. The number of carbonyl (C=O) groups is 2. The van der Waals surface area contributed by atoms with Crippen LogP contribution in [0.15, 0.2) is 54.6 Å². The number of hydrogen-bond donors (Lipinski definition) is 2. The summed E-state index contributed by atoms with van der Waals surface area (Å²) in [7, 11) is 0. The summed E-state index contributed by atoms with van der Waals surface area (Å²) in [6, 6.07) is 15.2. The van der Waals surface area contributed by atoms with Crippen LogP contribution in [0.3, 0.4) is 0 Å². The number of amides is 1. The molecule has 0 aliphatic heterocycles. The van der Waals surface area contributed by atoms with Crippen molar-refractivity contribution in [3.63, 3.8) is 0 Å². The van der Waals surface area contributed by atoms with Gasteiger partial charge in [0.15, 0.2) is 5.60 Å². The first kappa shape index (κ1) is 16.2. The molecule has 5 nitrogen and oxygen atoms in total. The first-order valence-corrected chi connectivity index (χ1v) is 7.89. The molecule has 24 heavy (non-hydrogen) atoms. The molecule has 1 aliphatic carbocycles. The van der Waals surface area contributed by atoms with E-state index in [4.69, 9.17) is 4.74 Å². The fraction of sp³-hybridized carbons (Fsp3) is 0.263. The molecule has 2 atom stereocenters. The second kappa shape index (κ2) is 6.45. The quantitative estimate of drug-likeness (QED) is 0.843. The number of carbonyl (C=O) groups excluding carboxylic acids is 2. The molecule has 2 aromatic rings. The monoisotopic (exact) mass is 325 g/mol. The Bertz CT molecular complexity index is 759. The van der Waals surface area contributed by atoms with Gasteiger partial charge < -0.3 is 15.2 Å². The number of fused-ring (bicyclic) bond motifs is 1. The van der Waals surface area contributed by atoms with E-state index >= 15 is 0 Å². The molecular formula is C19H19NO4. The molecule has 0 aromatic heterocycles. The van der Waals surface area contributed by atoms with Gasteiger partial charge in [0, 0.05) is 12.0 Å². The number of ether oxygens (including phenoxy) is 1. The number of nitrogens with one attached hydrogen (secondary N) is 1. The summed E-state index contributed by atoms with van der Waals surface area (Å²) in [4.78, 5) is 24.8. The minimum atomic E-state index is -1.80. The Hall–Kier alpha value is -2.66. The molecule has 124 valence electrons. The van der Waals surface area contributed by atoms with Crippen LogP contribution in [-0.4, -0.2) is 29.2 Å². The number of aliphatic hydroxyl groups is 1. The minimum absolute atomic E-state index is 0.113. The molecule has 2 aromatic carbocycles. The normalized spacial score (nSPS) is 21.8. The maximum absolute atomic E-state index is 12.5. The summed E-state index contributed by atoms with van der Waals surface area (Å²) in [6.45, 7) is 1.84. The van der Waals surface area contributed by atoms with Crippen molar-refractivity contribution in [3.8, 4) is 0 Å². The largest absolute Gasteiger partial charge is 0.464 e. The highest BCUT2D eigenvalue weighted by atomic mass is 16.5. The van der Waals surface area contributed by atoms with Gasteiger partial charge in [-0.1, -0.05) is 42.5 Å². The van der Waals surface area contributed by atoms with Crippen molar-refractivity contribution in [1.29, 1.82) is 0 Å². The van der Waals surface area contributed by atoms with Gasteiger partial charge in [0.2, 0.25) is 0 Å². The molecule has 0 radical (unpaired) electrons. The van der Waals surface area contributed by atoms with Gasteiger partial charge in [-0.2, -0.15) is 0 Å². The van der Waals surface area contributed by atoms with Gasteiger partial charge in [-0.05, 0) is 30.2 Å². The van der Waals surface area contributed by atoms with Crippen LogP contribution in [0.2, 0.25) is 0 Å². The predicted molar refractivity (Wildman–Crippen MR) is 88.4 cm³/mol. The molecule has 0 saturated carbocycles. The Labute approximate surface area is 140 Å². The van der Waals surface area contributed by atoms with Crippen LogP contribution in [-0.2, 0) is 16.0 Å². The van der Waals surface area contributed by atoms with Gasteiger partial charge in [0.05, 0.1) is 12.6 Å². The fourth-order valence-electron chi connectivity index (χ4n) is 3.07. The molecule has 0 spiro atoms.